The third-order valence-corrected chi connectivity index (χ3v) is 5.45. The van der Waals surface area contributed by atoms with Crippen molar-refractivity contribution in [3.05, 3.63) is 35.9 Å². The summed E-state index contributed by atoms with van der Waals surface area (Å²) < 4.78 is 0. The van der Waals surface area contributed by atoms with Gasteiger partial charge in [-0.15, -0.1) is 0 Å². The fourth-order valence-corrected chi connectivity index (χ4v) is 4.24. The summed E-state index contributed by atoms with van der Waals surface area (Å²) >= 11 is 0. The first-order valence-electron chi connectivity index (χ1n) is 8.99. The largest absolute Gasteiger partial charge is 0.352 e. The molecule has 1 aliphatic carbocycles. The fraction of sp³-hybridized carbons (Fsp3) is 0.632. The second-order valence-corrected chi connectivity index (χ2v) is 7.19. The van der Waals surface area contributed by atoms with Crippen LogP contribution in [0.1, 0.15) is 38.2 Å². The van der Waals surface area contributed by atoms with Crippen LogP contribution < -0.4 is 11.1 Å². The quantitative estimate of drug-likeness (QED) is 0.845. The van der Waals surface area contributed by atoms with Crippen molar-refractivity contribution >= 4 is 5.91 Å². The van der Waals surface area contributed by atoms with E-state index in [1.807, 2.05) is 0 Å². The highest BCUT2D eigenvalue weighted by molar-refractivity contribution is 5.81. The number of nitrogens with zero attached hydrogens (tertiary/aromatic N) is 1. The molecule has 0 radical (unpaired) electrons. The number of nitrogens with one attached hydrogen (secondary N) is 1. The van der Waals surface area contributed by atoms with Gasteiger partial charge in [-0.2, -0.15) is 0 Å². The van der Waals surface area contributed by atoms with Crippen LogP contribution >= 0.6 is 0 Å². The van der Waals surface area contributed by atoms with Crippen LogP contribution in [0.3, 0.4) is 0 Å². The first kappa shape index (κ1) is 16.5. The summed E-state index contributed by atoms with van der Waals surface area (Å²) in [5.41, 5.74) is 7.32. The highest BCUT2D eigenvalue weighted by Gasteiger charge is 2.43. The lowest BCUT2D eigenvalue weighted by atomic mass is 9.97. The highest BCUT2D eigenvalue weighted by atomic mass is 16.2. The second-order valence-electron chi connectivity index (χ2n) is 7.19. The van der Waals surface area contributed by atoms with Crippen LogP contribution in [0.15, 0.2) is 30.3 Å². The smallest absolute Gasteiger partial charge is 0.237 e. The van der Waals surface area contributed by atoms with Gasteiger partial charge >= 0.3 is 0 Å². The maximum absolute atomic E-state index is 12.2. The van der Waals surface area contributed by atoms with Crippen molar-refractivity contribution in [1.29, 1.82) is 0 Å². The maximum atomic E-state index is 12.2. The van der Waals surface area contributed by atoms with Crippen molar-refractivity contribution in [1.82, 2.24) is 10.2 Å². The standard InChI is InChI=1S/C19H29N3O/c1-2-6-17(20)19(23)21-18-10-9-15-12-22(13-16(15)18)11-14-7-4-3-5-8-14/h3-5,7-8,15-18H,2,6,9-13,20H2,1H3,(H,21,23)/t15-,16?,17-,18?/m0/s1. The number of rotatable bonds is 6. The molecule has 3 rings (SSSR count). The van der Waals surface area contributed by atoms with Crippen LogP contribution in [0.4, 0.5) is 0 Å². The third kappa shape index (κ3) is 3.93. The molecule has 2 aliphatic rings. The third-order valence-electron chi connectivity index (χ3n) is 5.45. The van der Waals surface area contributed by atoms with Crippen LogP contribution in [0.25, 0.3) is 0 Å². The SMILES string of the molecule is CCC[C@H](N)C(=O)NC1CC[C@H]2CN(Cc3ccccc3)CC12. The summed E-state index contributed by atoms with van der Waals surface area (Å²) in [6.07, 6.45) is 4.06. The zero-order valence-electron chi connectivity index (χ0n) is 14.1. The average molecular weight is 315 g/mol. The molecule has 23 heavy (non-hydrogen) atoms. The molecule has 0 bridgehead atoms. The lowest BCUT2D eigenvalue weighted by Crippen LogP contribution is -2.47. The zero-order valence-corrected chi connectivity index (χ0v) is 14.1. The van der Waals surface area contributed by atoms with E-state index in [0.717, 1.165) is 44.8 Å². The lowest BCUT2D eigenvalue weighted by molar-refractivity contribution is -0.123. The Morgan fingerprint density at radius 1 is 1.30 bits per heavy atom. The number of benzene rings is 1. The van der Waals surface area contributed by atoms with E-state index < -0.39 is 0 Å². The molecule has 2 fully saturated rings. The van der Waals surface area contributed by atoms with E-state index in [0.29, 0.717) is 12.0 Å². The predicted octanol–water partition coefficient (Wildman–Crippen LogP) is 2.14. The molecule has 1 aromatic rings. The monoisotopic (exact) mass is 315 g/mol. The van der Waals surface area contributed by atoms with E-state index in [1.165, 1.54) is 12.0 Å². The molecule has 1 saturated heterocycles. The molecule has 4 nitrogen and oxygen atoms in total. The number of fused-ring (bicyclic) bond motifs is 1. The fourth-order valence-electron chi connectivity index (χ4n) is 4.24. The Bertz CT molecular complexity index is 519. The first-order valence-corrected chi connectivity index (χ1v) is 8.99. The summed E-state index contributed by atoms with van der Waals surface area (Å²) in [4.78, 5) is 14.7. The summed E-state index contributed by atoms with van der Waals surface area (Å²) in [6.45, 7) is 5.33. The Morgan fingerprint density at radius 2 is 2.09 bits per heavy atom. The van der Waals surface area contributed by atoms with Crippen LogP contribution in [-0.2, 0) is 11.3 Å². The summed E-state index contributed by atoms with van der Waals surface area (Å²) in [5, 5.41) is 3.23. The van der Waals surface area contributed by atoms with Crippen molar-refractivity contribution in [2.75, 3.05) is 13.1 Å². The number of amides is 1. The molecule has 0 spiro atoms. The molecular formula is C19H29N3O. The maximum Gasteiger partial charge on any atom is 0.237 e. The van der Waals surface area contributed by atoms with Gasteiger partial charge in [-0.25, -0.2) is 0 Å². The van der Waals surface area contributed by atoms with E-state index >= 15 is 0 Å². The average Bonchev–Trinajstić information content (AvgIpc) is 3.10. The Balaban J connectivity index is 1.53. The molecule has 1 heterocycles. The van der Waals surface area contributed by atoms with Gasteiger partial charge < -0.3 is 11.1 Å². The normalized spacial score (nSPS) is 28.5. The van der Waals surface area contributed by atoms with Crippen LogP contribution in [0.5, 0.6) is 0 Å². The van der Waals surface area contributed by atoms with Crippen LogP contribution in [0.2, 0.25) is 0 Å². The molecular weight excluding hydrogens is 286 g/mol. The van der Waals surface area contributed by atoms with Gasteiger partial charge in [-0.05, 0) is 36.7 Å². The van der Waals surface area contributed by atoms with Gasteiger partial charge in [0.25, 0.3) is 0 Å². The minimum atomic E-state index is -0.346. The van der Waals surface area contributed by atoms with Gasteiger partial charge in [0.1, 0.15) is 0 Å². The van der Waals surface area contributed by atoms with Gasteiger partial charge in [0, 0.05) is 25.7 Å². The molecule has 4 atom stereocenters. The van der Waals surface area contributed by atoms with E-state index in [2.05, 4.69) is 47.5 Å². The number of likely N-dealkylation sites (tertiary alicyclic amines) is 1. The molecule has 1 aliphatic heterocycles. The van der Waals surface area contributed by atoms with E-state index in [4.69, 9.17) is 5.73 Å². The van der Waals surface area contributed by atoms with Gasteiger partial charge in [0.2, 0.25) is 5.91 Å². The zero-order chi connectivity index (χ0) is 16.2. The van der Waals surface area contributed by atoms with Gasteiger partial charge in [0.05, 0.1) is 6.04 Å². The second kappa shape index (κ2) is 7.45. The van der Waals surface area contributed by atoms with Crippen molar-refractivity contribution in [2.24, 2.45) is 17.6 Å². The lowest BCUT2D eigenvalue weighted by Gasteiger charge is -2.23. The summed E-state index contributed by atoms with van der Waals surface area (Å²) in [7, 11) is 0. The number of carbonyl (C=O) groups is 1. The molecule has 1 saturated carbocycles. The molecule has 2 unspecified atom stereocenters. The predicted molar refractivity (Wildman–Crippen MR) is 92.7 cm³/mol. The summed E-state index contributed by atoms with van der Waals surface area (Å²) in [5.74, 6) is 1.36. The van der Waals surface area contributed by atoms with Crippen LogP contribution in [0, 0.1) is 11.8 Å². The van der Waals surface area contributed by atoms with Crippen molar-refractivity contribution in [3.63, 3.8) is 0 Å². The number of carbonyl (C=O) groups excluding carboxylic acids is 1. The van der Waals surface area contributed by atoms with Crippen LogP contribution in [-0.4, -0.2) is 36.0 Å². The van der Waals surface area contributed by atoms with Crippen molar-refractivity contribution in [2.45, 2.75) is 51.2 Å². The molecule has 3 N–H and O–H groups in total. The van der Waals surface area contributed by atoms with Crippen molar-refractivity contribution in [3.8, 4) is 0 Å². The van der Waals surface area contributed by atoms with E-state index in [9.17, 15) is 4.79 Å². The molecule has 4 heteroatoms. The van der Waals surface area contributed by atoms with Crippen molar-refractivity contribution < 1.29 is 4.79 Å². The molecule has 1 aromatic carbocycles. The van der Waals surface area contributed by atoms with E-state index in [-0.39, 0.29) is 11.9 Å². The van der Waals surface area contributed by atoms with E-state index in [1.54, 1.807) is 0 Å². The minimum absolute atomic E-state index is 0.0407. The molecule has 126 valence electrons. The Labute approximate surface area is 139 Å². The van der Waals surface area contributed by atoms with Gasteiger partial charge in [0.15, 0.2) is 0 Å². The molecule has 0 aromatic heterocycles. The molecule has 1 amide bonds. The minimum Gasteiger partial charge on any atom is -0.352 e. The van der Waals surface area contributed by atoms with Gasteiger partial charge in [-0.3, -0.25) is 9.69 Å². The Morgan fingerprint density at radius 3 is 2.83 bits per heavy atom. The Kier molecular flexibility index (Phi) is 5.34. The highest BCUT2D eigenvalue weighted by Crippen LogP contribution is 2.38. The number of nitrogens with two attached hydrogens (primary N) is 1. The first-order chi connectivity index (χ1) is 11.2. The Hall–Kier alpha value is -1.39. The van der Waals surface area contributed by atoms with Gasteiger partial charge in [-0.1, -0.05) is 43.7 Å². The summed E-state index contributed by atoms with van der Waals surface area (Å²) in [6, 6.07) is 10.6. The number of hydrogen-bond donors (Lipinski definition) is 2. The topological polar surface area (TPSA) is 58.4 Å². The number of hydrogen-bond acceptors (Lipinski definition) is 3.